The van der Waals surface area contributed by atoms with Crippen LogP contribution >= 0.6 is 0 Å². The van der Waals surface area contributed by atoms with Crippen LogP contribution in [0.15, 0.2) is 0 Å². The Bertz CT molecular complexity index is 652. The Labute approximate surface area is 137 Å². The number of aliphatic hydroxyl groups excluding tert-OH is 1. The molecule has 0 radical (unpaired) electrons. The Morgan fingerprint density at radius 3 is 1.70 bits per heavy atom. The number of ketones is 5. The zero-order valence-electron chi connectivity index (χ0n) is 16.2. The van der Waals surface area contributed by atoms with Crippen LogP contribution in [-0.4, -0.2) is 72.2 Å². The molecule has 9 heteroatoms. The first kappa shape index (κ1) is 14.8. The molecule has 0 aromatic heterocycles. The van der Waals surface area contributed by atoms with Crippen LogP contribution < -0.4 is 0 Å². The lowest BCUT2D eigenvalue weighted by Crippen LogP contribution is -2.81. The van der Waals surface area contributed by atoms with Crippen LogP contribution in [0.2, 0.25) is 0 Å². The van der Waals surface area contributed by atoms with Crippen molar-refractivity contribution in [3.05, 3.63) is 0 Å². The number of rotatable bonds is 8. The van der Waals surface area contributed by atoms with Gasteiger partial charge in [-0.25, -0.2) is 0 Å². The van der Waals surface area contributed by atoms with E-state index in [0.717, 1.165) is 0 Å². The third-order valence-electron chi connectivity index (χ3n) is 3.49. The van der Waals surface area contributed by atoms with Crippen molar-refractivity contribution in [2.75, 3.05) is 0 Å². The molecule has 23 heavy (non-hydrogen) atoms. The molecule has 0 amide bonds. The second-order valence-corrected chi connectivity index (χ2v) is 4.89. The molecule has 0 saturated carbocycles. The molecule has 0 aliphatic rings. The number of carbonyl (C=O) groups excluding carboxylic acids is 5. The lowest BCUT2D eigenvalue weighted by molar-refractivity contribution is -0.241. The third kappa shape index (κ3) is 2.65. The predicted octanol–water partition coefficient (Wildman–Crippen LogP) is -2.51. The molecule has 0 rings (SSSR count). The Balaban J connectivity index is 7.33. The molecule has 130 valence electrons. The normalized spacial score (nSPS) is 22.7. The highest BCUT2D eigenvalue weighted by atomic mass is 16.4. The third-order valence-corrected chi connectivity index (χ3v) is 3.49. The molecule has 0 aromatic rings. The molecule has 0 spiro atoms. The molecule has 0 unspecified atom stereocenters. The molecule has 0 aliphatic carbocycles. The second kappa shape index (κ2) is 6.36. The van der Waals surface area contributed by atoms with Crippen molar-refractivity contribution in [3.63, 3.8) is 0 Å². The van der Waals surface area contributed by atoms with E-state index in [1.165, 1.54) is 0 Å². The summed E-state index contributed by atoms with van der Waals surface area (Å²) in [5, 5.41) is 41.9. The second-order valence-electron chi connectivity index (χ2n) is 4.89. The van der Waals surface area contributed by atoms with E-state index in [4.69, 9.17) is 5.48 Å². The van der Waals surface area contributed by atoms with Gasteiger partial charge in [-0.3, -0.25) is 24.0 Å². The van der Waals surface area contributed by atoms with Crippen LogP contribution in [0.4, 0.5) is 0 Å². The van der Waals surface area contributed by atoms with Gasteiger partial charge in [0.2, 0.25) is 17.0 Å². The molecule has 0 aliphatic heterocycles. The summed E-state index contributed by atoms with van der Waals surface area (Å²) in [6, 6.07) is 0. The summed E-state index contributed by atoms with van der Waals surface area (Å²) in [5.41, 5.74) is -12.4. The predicted molar refractivity (Wildman–Crippen MR) is 74.3 cm³/mol. The molecule has 0 aromatic carbocycles. The number of hydrogen-bond donors (Lipinski definition) is 4. The van der Waals surface area contributed by atoms with Crippen molar-refractivity contribution in [2.24, 2.45) is 0 Å². The van der Waals surface area contributed by atoms with Gasteiger partial charge in [-0.15, -0.1) is 0 Å². The van der Waals surface area contributed by atoms with Crippen molar-refractivity contribution in [1.29, 1.82) is 0 Å². The molecule has 0 fully saturated rings. The van der Waals surface area contributed by atoms with E-state index in [0.29, 0.717) is 6.92 Å². The summed E-state index contributed by atoms with van der Waals surface area (Å²) in [7, 11) is 0. The summed E-state index contributed by atoms with van der Waals surface area (Å²) < 4.78 is 28.1. The molecular weight excluding hydrogens is 312 g/mol. The zero-order valence-corrected chi connectivity index (χ0v) is 12.2. The Morgan fingerprint density at radius 1 is 0.870 bits per heavy atom. The fraction of sp³-hybridized carbons (Fsp3) is 0.643. The van der Waals surface area contributed by atoms with Crippen LogP contribution in [0.1, 0.15) is 40.0 Å². The minimum absolute atomic E-state index is 0.623. The standard InChI is InChI=1S/C14H20O9/c1-6(15)11(20)13(22,9(4)18)14(23,10(5)19)12(21,7(2)16)8(3)17/h7,16,21-23H,1-5H3/t7-,12-,13+,14+/m0/s1/i1D,3D,4D,5D. The van der Waals surface area contributed by atoms with Gasteiger partial charge in [0.25, 0.3) is 0 Å². The summed E-state index contributed by atoms with van der Waals surface area (Å²) in [5.74, 6) is -9.93. The van der Waals surface area contributed by atoms with Gasteiger partial charge in [-0.05, 0) is 27.6 Å². The van der Waals surface area contributed by atoms with Gasteiger partial charge in [0.05, 0.1) is 6.10 Å². The minimum atomic E-state index is -4.27. The molecule has 9 nitrogen and oxygen atoms in total. The van der Waals surface area contributed by atoms with Gasteiger partial charge < -0.3 is 20.4 Å². The van der Waals surface area contributed by atoms with Crippen LogP contribution in [0.3, 0.4) is 0 Å². The largest absolute Gasteiger partial charge is 0.390 e. The molecular formula is C14H20O9. The van der Waals surface area contributed by atoms with E-state index >= 15 is 0 Å². The quantitative estimate of drug-likeness (QED) is 0.276. The van der Waals surface area contributed by atoms with Crippen LogP contribution in [0, 0.1) is 0 Å². The first-order valence-electron chi connectivity index (χ1n) is 8.81. The van der Waals surface area contributed by atoms with Crippen molar-refractivity contribution in [1.82, 2.24) is 0 Å². The van der Waals surface area contributed by atoms with Gasteiger partial charge in [0.15, 0.2) is 28.7 Å². The maximum absolute atomic E-state index is 12.3. The van der Waals surface area contributed by atoms with E-state index in [9.17, 15) is 44.4 Å². The van der Waals surface area contributed by atoms with Crippen LogP contribution in [0.5, 0.6) is 0 Å². The van der Waals surface area contributed by atoms with Gasteiger partial charge in [0, 0.05) is 12.4 Å². The SMILES string of the molecule is [2H]CC(=O)C(=O)[C@](O)(C(=O)C[2H])[C@@](O)(C(=O)C[2H])[C@@](O)(C(=O)C[2H])[C@H](C)O. The number of hydrogen-bond acceptors (Lipinski definition) is 9. The maximum Gasteiger partial charge on any atom is 0.240 e. The van der Waals surface area contributed by atoms with E-state index in [2.05, 4.69) is 0 Å². The smallest absolute Gasteiger partial charge is 0.240 e. The van der Waals surface area contributed by atoms with Gasteiger partial charge in [0.1, 0.15) is 0 Å². The Hall–Kier alpha value is -1.81. The first-order chi connectivity index (χ1) is 12.3. The molecule has 0 saturated heterocycles. The lowest BCUT2D eigenvalue weighted by atomic mass is 9.61. The lowest BCUT2D eigenvalue weighted by Gasteiger charge is -2.48. The molecule has 0 bridgehead atoms. The number of carbonyl (C=O) groups is 5. The average molecular weight is 336 g/mol. The minimum Gasteiger partial charge on any atom is -0.390 e. The van der Waals surface area contributed by atoms with Crippen LogP contribution in [-0.2, 0) is 24.0 Å². The van der Waals surface area contributed by atoms with Crippen molar-refractivity contribution >= 4 is 28.9 Å². The monoisotopic (exact) mass is 336 g/mol. The number of aliphatic hydroxyl groups is 4. The van der Waals surface area contributed by atoms with Gasteiger partial charge in [-0.1, -0.05) is 0 Å². The molecule has 4 atom stereocenters. The molecule has 0 heterocycles. The van der Waals surface area contributed by atoms with Crippen molar-refractivity contribution in [2.45, 2.75) is 57.4 Å². The van der Waals surface area contributed by atoms with Crippen molar-refractivity contribution in [3.8, 4) is 0 Å². The van der Waals surface area contributed by atoms with Gasteiger partial charge >= 0.3 is 0 Å². The maximum atomic E-state index is 12.3. The molecule has 4 N–H and O–H groups in total. The van der Waals surface area contributed by atoms with Crippen LogP contribution in [0.25, 0.3) is 0 Å². The highest BCUT2D eigenvalue weighted by Gasteiger charge is 2.74. The fourth-order valence-electron chi connectivity index (χ4n) is 2.12. The highest BCUT2D eigenvalue weighted by Crippen LogP contribution is 2.39. The summed E-state index contributed by atoms with van der Waals surface area (Å²) >= 11 is 0. The summed E-state index contributed by atoms with van der Waals surface area (Å²) in [6.45, 7) is -5.20. The first-order valence-corrected chi connectivity index (χ1v) is 5.98. The van der Waals surface area contributed by atoms with Crippen molar-refractivity contribution < 1.29 is 49.9 Å². The summed E-state index contributed by atoms with van der Waals surface area (Å²) in [4.78, 5) is 60.4. The zero-order chi connectivity index (χ0) is 21.8. The topological polar surface area (TPSA) is 166 Å². The Kier molecular flexibility index (Phi) is 4.08. The number of Topliss-reactive ketones (excluding diaryl/α,β-unsaturated/α-hetero) is 5. The van der Waals surface area contributed by atoms with Gasteiger partial charge in [-0.2, -0.15) is 0 Å². The Morgan fingerprint density at radius 2 is 1.35 bits per heavy atom. The highest BCUT2D eigenvalue weighted by molar-refractivity contribution is 6.45. The van der Waals surface area contributed by atoms with E-state index in [1.54, 1.807) is 0 Å². The summed E-state index contributed by atoms with van der Waals surface area (Å²) in [6.07, 6.45) is -2.47. The van der Waals surface area contributed by atoms with E-state index in [1.807, 2.05) is 0 Å². The fourth-order valence-corrected chi connectivity index (χ4v) is 2.12. The average Bonchev–Trinajstić information content (AvgIpc) is 2.67. The van der Waals surface area contributed by atoms with E-state index < -0.39 is 79.4 Å². The van der Waals surface area contributed by atoms with E-state index in [-0.39, 0.29) is 0 Å².